The van der Waals surface area contributed by atoms with Crippen molar-refractivity contribution in [1.29, 1.82) is 0 Å². The number of hydrogen-bond acceptors (Lipinski definition) is 5. The monoisotopic (exact) mass is 815 g/mol. The molecule has 9 rings (SSSR count). The van der Waals surface area contributed by atoms with E-state index in [1.807, 2.05) is 6.07 Å². The van der Waals surface area contributed by atoms with Gasteiger partial charge in [-0.15, -0.1) is 17.7 Å². The quantitative estimate of drug-likeness (QED) is 0.0840. The fourth-order valence-corrected chi connectivity index (χ4v) is 7.31. The number of carbonyl (C=O) groups is 1. The first-order valence-electron chi connectivity index (χ1n) is 16.1. The van der Waals surface area contributed by atoms with Gasteiger partial charge in [0.1, 0.15) is 0 Å². The van der Waals surface area contributed by atoms with E-state index in [9.17, 15) is 4.79 Å². The molecule has 0 aliphatic carbocycles. The van der Waals surface area contributed by atoms with Crippen LogP contribution in [0.5, 0.6) is 0 Å². The molecule has 0 bridgehead atoms. The third kappa shape index (κ3) is 5.59. The zero-order valence-corrected chi connectivity index (χ0v) is 30.0. The van der Waals surface area contributed by atoms with E-state index in [4.69, 9.17) is 10.1 Å². The Hall–Kier alpha value is -5.23. The van der Waals surface area contributed by atoms with Crippen molar-refractivity contribution in [3.8, 4) is 11.3 Å². The van der Waals surface area contributed by atoms with Crippen LogP contribution in [0.15, 0.2) is 127 Å². The van der Waals surface area contributed by atoms with Crippen LogP contribution in [-0.2, 0) is 24.9 Å². The van der Waals surface area contributed by atoms with E-state index in [1.54, 1.807) is 0 Å². The topological polar surface area (TPSA) is 56.7 Å². The number of rotatable bonds is 2. The molecule has 1 aromatic heterocycles. The van der Waals surface area contributed by atoms with Gasteiger partial charge in [0.25, 0.3) is 0 Å². The summed E-state index contributed by atoms with van der Waals surface area (Å²) in [7, 11) is 4.39. The number of nitrogens with zero attached hydrogens (tertiary/aromatic N) is 3. The van der Waals surface area contributed by atoms with Crippen LogP contribution >= 0.6 is 0 Å². The summed E-state index contributed by atoms with van der Waals surface area (Å²) < 4.78 is 0. The van der Waals surface area contributed by atoms with Gasteiger partial charge in [-0.1, -0.05) is 107 Å². The average Bonchev–Trinajstić information content (AvgIpc) is 3.09. The molecule has 2 aliphatic heterocycles. The van der Waals surface area contributed by atoms with E-state index in [0.717, 1.165) is 27.8 Å². The maximum Gasteiger partial charge on any atom is 0.200 e. The van der Waals surface area contributed by atoms with Crippen LogP contribution in [0.4, 0.5) is 22.7 Å². The van der Waals surface area contributed by atoms with E-state index < -0.39 is 0 Å². The van der Waals surface area contributed by atoms with Crippen molar-refractivity contribution < 1.29 is 30.0 Å². The number of aliphatic hydroxyl groups excluding tert-OH is 1. The van der Waals surface area contributed by atoms with Gasteiger partial charge in [-0.3, -0.25) is 9.78 Å². The third-order valence-corrected chi connectivity index (χ3v) is 9.47. The van der Waals surface area contributed by atoms with E-state index in [2.05, 4.69) is 139 Å². The molecule has 0 saturated carbocycles. The summed E-state index contributed by atoms with van der Waals surface area (Å²) in [5, 5.41) is 14.6. The predicted molar refractivity (Wildman–Crippen MR) is 202 cm³/mol. The molecule has 7 heteroatoms. The first kappa shape index (κ1) is 32.3. The van der Waals surface area contributed by atoms with Gasteiger partial charge in [-0.25, -0.2) is 0 Å². The number of benzene rings is 6. The summed E-state index contributed by atoms with van der Waals surface area (Å²) in [4.78, 5) is 19.8. The Morgan fingerprint density at radius 1 is 0.694 bits per heavy atom. The minimum absolute atomic E-state index is 0. The Bertz CT molecular complexity index is 2360. The minimum Gasteiger partial charge on any atom is -0.512 e. The second kappa shape index (κ2) is 12.7. The number of anilines is 4. The van der Waals surface area contributed by atoms with E-state index >= 15 is 0 Å². The van der Waals surface area contributed by atoms with Crippen molar-refractivity contribution in [3.05, 3.63) is 133 Å². The number of ketones is 1. The van der Waals surface area contributed by atoms with Crippen LogP contribution in [0.1, 0.15) is 13.8 Å². The molecular formula is C42H33BIrN3O2-. The SMILES string of the molecule is CC(=O)/C=C(/C)O.CN1c2[c-]c(-c3ccc4ccccc4n3)cc3c2B(c2cc4ccccc4cc21)c1cc2ccccc2cc1N3C.[Ir]. The van der Waals surface area contributed by atoms with Crippen molar-refractivity contribution in [2.45, 2.75) is 13.8 Å². The Morgan fingerprint density at radius 3 is 1.78 bits per heavy atom. The molecule has 1 N–H and O–H groups in total. The number of fused-ring (bicyclic) bond motifs is 7. The summed E-state index contributed by atoms with van der Waals surface area (Å²) in [6.07, 6.45) is 1.17. The molecule has 2 aliphatic rings. The molecule has 3 heterocycles. The Morgan fingerprint density at radius 2 is 1.22 bits per heavy atom. The molecule has 0 fully saturated rings. The summed E-state index contributed by atoms with van der Waals surface area (Å²) >= 11 is 0. The molecule has 1 radical (unpaired) electrons. The maximum atomic E-state index is 10.0. The number of allylic oxidation sites excluding steroid dienone is 2. The van der Waals surface area contributed by atoms with Crippen molar-refractivity contribution in [3.63, 3.8) is 0 Å². The summed E-state index contributed by atoms with van der Waals surface area (Å²) in [5.41, 5.74) is 11.8. The van der Waals surface area contributed by atoms with E-state index in [1.165, 1.54) is 74.9 Å². The van der Waals surface area contributed by atoms with E-state index in [0.29, 0.717) is 0 Å². The second-order valence-electron chi connectivity index (χ2n) is 12.7. The molecule has 0 unspecified atom stereocenters. The molecular weight excluding hydrogens is 782 g/mol. The molecule has 7 aromatic rings. The maximum absolute atomic E-state index is 10.0. The zero-order chi connectivity index (χ0) is 33.1. The van der Waals surface area contributed by atoms with E-state index in [-0.39, 0.29) is 38.4 Å². The van der Waals surface area contributed by atoms with Gasteiger partial charge >= 0.3 is 0 Å². The van der Waals surface area contributed by atoms with Crippen molar-refractivity contribution >= 4 is 84.1 Å². The van der Waals surface area contributed by atoms with Gasteiger partial charge in [-0.05, 0) is 76.0 Å². The predicted octanol–water partition coefficient (Wildman–Crippen LogP) is 7.72. The zero-order valence-electron chi connectivity index (χ0n) is 27.7. The molecule has 0 spiro atoms. The van der Waals surface area contributed by atoms with Gasteiger partial charge in [0, 0.05) is 51.7 Å². The molecule has 241 valence electrons. The summed E-state index contributed by atoms with van der Waals surface area (Å²) in [5.74, 6) is -0.0625. The molecule has 0 saturated heterocycles. The van der Waals surface area contributed by atoms with Crippen molar-refractivity contribution in [2.75, 3.05) is 23.9 Å². The smallest absolute Gasteiger partial charge is 0.200 e. The Kier molecular flexibility index (Phi) is 8.36. The number of aliphatic hydroxyl groups is 1. The fourth-order valence-electron chi connectivity index (χ4n) is 7.31. The molecule has 5 nitrogen and oxygen atoms in total. The third-order valence-electron chi connectivity index (χ3n) is 9.47. The van der Waals surface area contributed by atoms with Crippen LogP contribution in [-0.4, -0.2) is 36.7 Å². The normalized spacial score (nSPS) is 12.9. The fraction of sp³-hybridized carbons (Fsp3) is 0.0952. The van der Waals surface area contributed by atoms with Gasteiger partial charge in [0.2, 0.25) is 0 Å². The van der Waals surface area contributed by atoms with Crippen LogP contribution in [0, 0.1) is 6.07 Å². The number of carbonyl (C=O) groups excluding carboxylic acids is 1. The minimum atomic E-state index is -0.125. The number of para-hydroxylation sites is 1. The Labute approximate surface area is 300 Å². The standard InChI is InChI=1S/C37H25BN3.C5H8O2.Ir/c1-40-33-19-26-12-5-3-10-24(26)17-29(33)38-30-18-25-11-4-6-13-27(25)20-34(30)41(2)36-22-28(21-35(40)37(36)38)32-16-15-23-9-7-8-14-31(23)39-32;1-4(6)3-5(2)7;/h3-21H,1-2H3;3,6H,1-2H3;/q-1;;/b;4-3-;. The van der Waals surface area contributed by atoms with Crippen LogP contribution in [0.2, 0.25) is 0 Å². The molecule has 0 amide bonds. The summed E-state index contributed by atoms with van der Waals surface area (Å²) in [6.45, 7) is 2.96. The number of hydrogen-bond donors (Lipinski definition) is 1. The van der Waals surface area contributed by atoms with Crippen molar-refractivity contribution in [2.24, 2.45) is 0 Å². The first-order chi connectivity index (χ1) is 23.3. The van der Waals surface area contributed by atoms with Gasteiger partial charge < -0.3 is 14.9 Å². The largest absolute Gasteiger partial charge is 0.512 e. The second-order valence-corrected chi connectivity index (χ2v) is 12.7. The molecule has 49 heavy (non-hydrogen) atoms. The van der Waals surface area contributed by atoms with Crippen molar-refractivity contribution in [1.82, 2.24) is 4.98 Å². The number of pyridine rings is 1. The van der Waals surface area contributed by atoms with Gasteiger partial charge in [0.05, 0.1) is 11.3 Å². The van der Waals surface area contributed by atoms with Crippen LogP contribution < -0.4 is 26.2 Å². The number of aromatic nitrogens is 1. The van der Waals surface area contributed by atoms with Gasteiger partial charge in [0.15, 0.2) is 12.5 Å². The Balaban J connectivity index is 0.000000431. The van der Waals surface area contributed by atoms with Crippen LogP contribution in [0.25, 0.3) is 43.7 Å². The first-order valence-corrected chi connectivity index (χ1v) is 16.1. The van der Waals surface area contributed by atoms with Crippen LogP contribution in [0.3, 0.4) is 0 Å². The molecule has 6 aromatic carbocycles. The average molecular weight is 815 g/mol. The van der Waals surface area contributed by atoms with Gasteiger partial charge in [-0.2, -0.15) is 0 Å². The summed E-state index contributed by atoms with van der Waals surface area (Å²) in [6, 6.07) is 45.6. The molecule has 0 atom stereocenters.